The average Bonchev–Trinajstić information content (AvgIpc) is 3.57. The number of amides is 2. The maximum absolute atomic E-state index is 14.2. The second-order valence-electron chi connectivity index (χ2n) is 11.1. The number of hydrogen-bond acceptors (Lipinski definition) is 4. The van der Waals surface area contributed by atoms with Gasteiger partial charge in [0.15, 0.2) is 0 Å². The van der Waals surface area contributed by atoms with Gasteiger partial charge in [0.1, 0.15) is 6.04 Å². The second-order valence-corrected chi connectivity index (χ2v) is 11.1. The van der Waals surface area contributed by atoms with Gasteiger partial charge in [0.2, 0.25) is 11.8 Å². The van der Waals surface area contributed by atoms with Crippen LogP contribution >= 0.6 is 0 Å². The molecule has 190 valence electrons. The van der Waals surface area contributed by atoms with Gasteiger partial charge < -0.3 is 25.4 Å². The lowest BCUT2D eigenvalue weighted by atomic mass is 9.82. The molecule has 3 heterocycles. The summed E-state index contributed by atoms with van der Waals surface area (Å²) in [7, 11) is 3.98. The fraction of sp³-hybridized carbons (Fsp3) is 0.643. The molecule has 1 aromatic heterocycles. The zero-order chi connectivity index (χ0) is 24.7. The Bertz CT molecular complexity index is 1070. The summed E-state index contributed by atoms with van der Waals surface area (Å²) in [6, 6.07) is 6.33. The molecular weight excluding hydrogens is 438 g/mol. The first-order chi connectivity index (χ1) is 16.9. The predicted molar refractivity (Wildman–Crippen MR) is 139 cm³/mol. The molecule has 7 nitrogen and oxygen atoms in total. The highest BCUT2D eigenvalue weighted by Crippen LogP contribution is 2.43. The summed E-state index contributed by atoms with van der Waals surface area (Å²) >= 11 is 0. The molecule has 2 aromatic rings. The highest BCUT2D eigenvalue weighted by molar-refractivity contribution is 5.90. The summed E-state index contributed by atoms with van der Waals surface area (Å²) in [5, 5.41) is 7.46. The Hall–Kier alpha value is -2.38. The zero-order valence-corrected chi connectivity index (χ0v) is 21.6. The van der Waals surface area contributed by atoms with Crippen molar-refractivity contribution >= 4 is 22.7 Å². The number of carbonyl (C=O) groups is 2. The van der Waals surface area contributed by atoms with Gasteiger partial charge in [-0.05, 0) is 70.3 Å². The Morgan fingerprint density at radius 3 is 2.66 bits per heavy atom. The zero-order valence-electron chi connectivity index (χ0n) is 21.6. The third kappa shape index (κ3) is 4.49. The van der Waals surface area contributed by atoms with E-state index in [2.05, 4.69) is 63.8 Å². The Kier molecular flexibility index (Phi) is 6.91. The van der Waals surface area contributed by atoms with Gasteiger partial charge in [0.05, 0.1) is 12.1 Å². The number of aromatic amines is 1. The van der Waals surface area contributed by atoms with Crippen molar-refractivity contribution in [2.24, 2.45) is 5.92 Å². The molecule has 3 N–H and O–H groups in total. The van der Waals surface area contributed by atoms with Crippen LogP contribution in [-0.2, 0) is 9.59 Å². The third-order valence-electron chi connectivity index (χ3n) is 8.95. The van der Waals surface area contributed by atoms with Crippen molar-refractivity contribution in [2.45, 2.75) is 82.5 Å². The summed E-state index contributed by atoms with van der Waals surface area (Å²) in [6.07, 6.45) is 8.66. The first-order valence-corrected chi connectivity index (χ1v) is 13.4. The molecule has 3 aliphatic rings. The number of H-pyrrole nitrogens is 1. The molecule has 5 atom stereocenters. The van der Waals surface area contributed by atoms with Gasteiger partial charge in [-0.2, -0.15) is 0 Å². The van der Waals surface area contributed by atoms with Crippen molar-refractivity contribution in [2.75, 3.05) is 27.2 Å². The highest BCUT2D eigenvalue weighted by Gasteiger charge is 2.51. The van der Waals surface area contributed by atoms with Gasteiger partial charge in [0, 0.05) is 42.1 Å². The van der Waals surface area contributed by atoms with Crippen molar-refractivity contribution in [3.05, 3.63) is 35.5 Å². The standard InChI is InChI=1S/C28H41N5O2/c1-17-10-11-20-21(15-30-23(20)14-17)22-16-32(4)24-12-13-33(26(22)24)28(35)25(19-8-6-5-7-9-19)31-27(34)18(2)29-3/h10-11,14-15,18-19,22,24-26,29-30H,5-9,12-13,16H2,1-4H3,(H,31,34)/t18-,22+,24+,25-,26+/m0/s1. The number of hydrogen-bond donors (Lipinski definition) is 3. The van der Waals surface area contributed by atoms with Crippen LogP contribution in [-0.4, -0.2) is 78.0 Å². The quantitative estimate of drug-likeness (QED) is 0.595. The SMILES string of the molecule is CN[C@@H](C)C(=O)N[C@H](C(=O)N1CC[C@@H]2[C@H]1[C@@H](c1c[nH]c3cc(C)ccc13)CN2C)C1CCCCC1. The van der Waals surface area contributed by atoms with E-state index in [0.29, 0.717) is 6.04 Å². The van der Waals surface area contributed by atoms with Crippen molar-refractivity contribution in [1.29, 1.82) is 0 Å². The molecule has 0 spiro atoms. The van der Waals surface area contributed by atoms with Crippen LogP contribution in [0, 0.1) is 12.8 Å². The molecule has 35 heavy (non-hydrogen) atoms. The van der Waals surface area contributed by atoms with Crippen LogP contribution < -0.4 is 10.6 Å². The lowest BCUT2D eigenvalue weighted by molar-refractivity contribution is -0.139. The number of likely N-dealkylation sites (tertiary alicyclic amines) is 2. The van der Waals surface area contributed by atoms with Gasteiger partial charge >= 0.3 is 0 Å². The molecule has 1 aliphatic carbocycles. The number of aryl methyl sites for hydroxylation is 1. The smallest absolute Gasteiger partial charge is 0.245 e. The minimum atomic E-state index is -0.436. The summed E-state index contributed by atoms with van der Waals surface area (Å²) in [5.74, 6) is 0.514. The maximum Gasteiger partial charge on any atom is 0.245 e. The van der Waals surface area contributed by atoms with Gasteiger partial charge in [-0.1, -0.05) is 31.4 Å². The fourth-order valence-electron chi connectivity index (χ4n) is 6.86. The maximum atomic E-state index is 14.2. The van der Waals surface area contributed by atoms with Crippen LogP contribution in [0.25, 0.3) is 10.9 Å². The number of nitrogens with one attached hydrogen (secondary N) is 3. The summed E-state index contributed by atoms with van der Waals surface area (Å²) in [4.78, 5) is 35.2. The number of fused-ring (bicyclic) bond motifs is 2. The van der Waals surface area contributed by atoms with E-state index in [0.717, 1.165) is 50.7 Å². The molecule has 1 aromatic carbocycles. The van der Waals surface area contributed by atoms with E-state index in [1.807, 2.05) is 6.92 Å². The third-order valence-corrected chi connectivity index (χ3v) is 8.95. The van der Waals surface area contributed by atoms with Gasteiger partial charge in [-0.3, -0.25) is 9.59 Å². The van der Waals surface area contributed by atoms with Crippen molar-refractivity contribution < 1.29 is 9.59 Å². The van der Waals surface area contributed by atoms with E-state index in [9.17, 15) is 9.59 Å². The molecule has 3 fully saturated rings. The second kappa shape index (κ2) is 9.94. The molecule has 2 aliphatic heterocycles. The number of rotatable bonds is 6. The highest BCUT2D eigenvalue weighted by atomic mass is 16.2. The van der Waals surface area contributed by atoms with Gasteiger partial charge in [-0.15, -0.1) is 0 Å². The van der Waals surface area contributed by atoms with Crippen LogP contribution in [0.5, 0.6) is 0 Å². The van der Waals surface area contributed by atoms with Gasteiger partial charge in [-0.25, -0.2) is 0 Å². The van der Waals surface area contributed by atoms with Crippen LogP contribution in [0.4, 0.5) is 0 Å². The Labute approximate surface area is 209 Å². The first-order valence-electron chi connectivity index (χ1n) is 13.4. The minimum absolute atomic E-state index is 0.0840. The van der Waals surface area contributed by atoms with E-state index >= 15 is 0 Å². The molecule has 0 unspecified atom stereocenters. The van der Waals surface area contributed by atoms with E-state index < -0.39 is 6.04 Å². The Morgan fingerprint density at radius 2 is 1.91 bits per heavy atom. The van der Waals surface area contributed by atoms with Crippen LogP contribution in [0.3, 0.4) is 0 Å². The Morgan fingerprint density at radius 1 is 1.14 bits per heavy atom. The molecule has 0 radical (unpaired) electrons. The summed E-state index contributed by atoms with van der Waals surface area (Å²) in [5.41, 5.74) is 3.71. The minimum Gasteiger partial charge on any atom is -0.361 e. The number of nitrogens with zero attached hydrogens (tertiary/aromatic N) is 2. The molecule has 0 bridgehead atoms. The van der Waals surface area contributed by atoms with E-state index in [1.54, 1.807) is 7.05 Å². The van der Waals surface area contributed by atoms with Crippen LogP contribution in [0.2, 0.25) is 0 Å². The summed E-state index contributed by atoms with van der Waals surface area (Å²) in [6.45, 7) is 5.67. The number of benzene rings is 1. The van der Waals surface area contributed by atoms with E-state index in [4.69, 9.17) is 0 Å². The molecule has 5 rings (SSSR count). The molecular formula is C28H41N5O2. The Balaban J connectivity index is 1.45. The molecule has 7 heteroatoms. The first kappa shape index (κ1) is 24.3. The van der Waals surface area contributed by atoms with E-state index in [1.165, 1.54) is 22.9 Å². The molecule has 2 amide bonds. The fourth-order valence-corrected chi connectivity index (χ4v) is 6.86. The van der Waals surface area contributed by atoms with Crippen molar-refractivity contribution in [1.82, 2.24) is 25.4 Å². The van der Waals surface area contributed by atoms with Crippen molar-refractivity contribution in [3.63, 3.8) is 0 Å². The molecule has 1 saturated carbocycles. The number of carbonyl (C=O) groups excluding carboxylic acids is 2. The average molecular weight is 480 g/mol. The van der Waals surface area contributed by atoms with Crippen LogP contribution in [0.15, 0.2) is 24.4 Å². The number of aromatic nitrogens is 1. The van der Waals surface area contributed by atoms with Gasteiger partial charge in [0.25, 0.3) is 0 Å². The number of likely N-dealkylation sites (N-methyl/N-ethyl adjacent to an activating group) is 2. The molecule has 2 saturated heterocycles. The monoisotopic (exact) mass is 479 g/mol. The summed E-state index contributed by atoms with van der Waals surface area (Å²) < 4.78 is 0. The van der Waals surface area contributed by atoms with Crippen molar-refractivity contribution in [3.8, 4) is 0 Å². The van der Waals surface area contributed by atoms with Crippen LogP contribution in [0.1, 0.15) is 62.5 Å². The normalized spacial score (nSPS) is 27.2. The lowest BCUT2D eigenvalue weighted by Gasteiger charge is -2.36. The lowest BCUT2D eigenvalue weighted by Crippen LogP contribution is -2.57. The predicted octanol–water partition coefficient (Wildman–Crippen LogP) is 3.15. The van der Waals surface area contributed by atoms with E-state index in [-0.39, 0.29) is 35.7 Å². The topological polar surface area (TPSA) is 80.5 Å². The largest absolute Gasteiger partial charge is 0.361 e.